The van der Waals surface area contributed by atoms with Crippen LogP contribution in [-0.2, 0) is 4.84 Å². The first-order valence-electron chi connectivity index (χ1n) is 3.08. The molecule has 1 aromatic heterocycles. The Bertz CT molecular complexity index is 246. The molecule has 0 radical (unpaired) electrons. The number of pyridine rings is 1. The second-order valence-electron chi connectivity index (χ2n) is 1.88. The van der Waals surface area contributed by atoms with Crippen LogP contribution in [0.4, 0.5) is 0 Å². The summed E-state index contributed by atoms with van der Waals surface area (Å²) in [5.74, 6) is 0. The highest BCUT2D eigenvalue weighted by atomic mass is 16.8. The molecule has 0 unspecified atom stereocenters. The quantitative estimate of drug-likeness (QED) is 0.353. The summed E-state index contributed by atoms with van der Waals surface area (Å²) in [6, 6.07) is 3.51. The van der Waals surface area contributed by atoms with Gasteiger partial charge in [-0.1, -0.05) is 0 Å². The van der Waals surface area contributed by atoms with Gasteiger partial charge in [-0.25, -0.2) is 0 Å². The molecule has 58 valence electrons. The van der Waals surface area contributed by atoms with Crippen LogP contribution in [0.5, 0.6) is 0 Å². The molecule has 0 aromatic carbocycles. The van der Waals surface area contributed by atoms with Crippen molar-refractivity contribution in [3.63, 3.8) is 0 Å². The van der Waals surface area contributed by atoms with Gasteiger partial charge in [-0.2, -0.15) is 0 Å². The van der Waals surface area contributed by atoms with Crippen molar-refractivity contribution in [2.75, 3.05) is 7.11 Å². The van der Waals surface area contributed by atoms with E-state index in [0.29, 0.717) is 10.5 Å². The third-order valence-electron chi connectivity index (χ3n) is 1.12. The molecule has 0 bridgehead atoms. The SMILES string of the molecule is CO/[N+]([O-])=C/c1cccnc1. The topological polar surface area (TPSA) is 48.2 Å². The van der Waals surface area contributed by atoms with Crippen LogP contribution in [0.1, 0.15) is 5.56 Å². The summed E-state index contributed by atoms with van der Waals surface area (Å²) in [5.41, 5.74) is 0.712. The van der Waals surface area contributed by atoms with Crippen LogP contribution in [0.15, 0.2) is 24.5 Å². The minimum Gasteiger partial charge on any atom is -0.407 e. The third kappa shape index (κ3) is 2.25. The van der Waals surface area contributed by atoms with Crippen molar-refractivity contribution in [3.8, 4) is 0 Å². The predicted octanol–water partition coefficient (Wildman–Crippen LogP) is 0.572. The van der Waals surface area contributed by atoms with E-state index in [1.807, 2.05) is 0 Å². The standard InChI is InChI=1S/C7H8N2O2/c1-11-9(10)6-7-3-2-4-8-5-7/h2-6H,1H3/b9-6+. The normalized spacial score (nSPS) is 11.2. The zero-order chi connectivity index (χ0) is 8.10. The fraction of sp³-hybridized carbons (Fsp3) is 0.143. The van der Waals surface area contributed by atoms with Crippen molar-refractivity contribution >= 4 is 6.21 Å². The van der Waals surface area contributed by atoms with E-state index in [-0.39, 0.29) is 0 Å². The monoisotopic (exact) mass is 152 g/mol. The van der Waals surface area contributed by atoms with Gasteiger partial charge >= 0.3 is 0 Å². The summed E-state index contributed by atoms with van der Waals surface area (Å²) in [4.78, 5) is 8.54. The van der Waals surface area contributed by atoms with E-state index in [2.05, 4.69) is 9.82 Å². The van der Waals surface area contributed by atoms with Crippen LogP contribution < -0.4 is 0 Å². The van der Waals surface area contributed by atoms with Crippen molar-refractivity contribution < 1.29 is 9.74 Å². The molecular formula is C7H8N2O2. The van der Waals surface area contributed by atoms with Gasteiger partial charge in [-0.15, -0.1) is 0 Å². The summed E-state index contributed by atoms with van der Waals surface area (Å²) < 4.78 is 0. The lowest BCUT2D eigenvalue weighted by atomic mass is 10.3. The average Bonchev–Trinajstić information content (AvgIpc) is 2.06. The van der Waals surface area contributed by atoms with Gasteiger partial charge in [0.2, 0.25) is 6.21 Å². The van der Waals surface area contributed by atoms with E-state index in [1.54, 1.807) is 24.5 Å². The molecule has 0 saturated carbocycles. The van der Waals surface area contributed by atoms with E-state index < -0.39 is 0 Å². The van der Waals surface area contributed by atoms with Crippen molar-refractivity contribution in [2.45, 2.75) is 0 Å². The van der Waals surface area contributed by atoms with E-state index in [1.165, 1.54) is 13.3 Å². The smallest absolute Gasteiger partial charge is 0.241 e. The van der Waals surface area contributed by atoms with Crippen molar-refractivity contribution in [3.05, 3.63) is 35.3 Å². The number of hydrogen-bond donors (Lipinski definition) is 0. The van der Waals surface area contributed by atoms with Crippen LogP contribution in [0.2, 0.25) is 0 Å². The molecule has 0 aliphatic rings. The lowest BCUT2D eigenvalue weighted by Gasteiger charge is -1.94. The minimum atomic E-state index is 0.372. The maximum Gasteiger partial charge on any atom is 0.241 e. The Morgan fingerprint density at radius 1 is 1.73 bits per heavy atom. The molecule has 1 rings (SSSR count). The molecule has 0 N–H and O–H groups in total. The van der Waals surface area contributed by atoms with Gasteiger partial charge in [0.05, 0.1) is 5.56 Å². The molecule has 4 heteroatoms. The van der Waals surface area contributed by atoms with Crippen LogP contribution in [0, 0.1) is 5.21 Å². The Morgan fingerprint density at radius 3 is 3.09 bits per heavy atom. The molecule has 0 spiro atoms. The summed E-state index contributed by atoms with van der Waals surface area (Å²) in [6.07, 6.45) is 4.51. The highest BCUT2D eigenvalue weighted by Crippen LogP contribution is 1.89. The molecule has 4 nitrogen and oxygen atoms in total. The molecule has 0 aliphatic carbocycles. The van der Waals surface area contributed by atoms with Crippen molar-refractivity contribution in [2.24, 2.45) is 0 Å². The van der Waals surface area contributed by atoms with E-state index in [4.69, 9.17) is 0 Å². The zero-order valence-corrected chi connectivity index (χ0v) is 6.10. The summed E-state index contributed by atoms with van der Waals surface area (Å²) in [7, 11) is 1.31. The average molecular weight is 152 g/mol. The Balaban J connectivity index is 2.79. The van der Waals surface area contributed by atoms with Gasteiger partial charge in [-0.05, 0) is 12.1 Å². The molecule has 11 heavy (non-hydrogen) atoms. The number of hydrogen-bond acceptors (Lipinski definition) is 3. The summed E-state index contributed by atoms with van der Waals surface area (Å²) in [6.45, 7) is 0. The number of nitrogens with zero attached hydrogens (tertiary/aromatic N) is 2. The fourth-order valence-electron chi connectivity index (χ4n) is 0.627. The van der Waals surface area contributed by atoms with Crippen molar-refractivity contribution in [1.29, 1.82) is 0 Å². The molecule has 0 atom stereocenters. The molecular weight excluding hydrogens is 144 g/mol. The van der Waals surface area contributed by atoms with Gasteiger partial charge in [0.1, 0.15) is 0 Å². The molecule has 0 saturated heterocycles. The van der Waals surface area contributed by atoms with Crippen LogP contribution >= 0.6 is 0 Å². The second kappa shape index (κ2) is 3.55. The molecule has 0 aliphatic heterocycles. The Kier molecular flexibility index (Phi) is 2.43. The van der Waals surface area contributed by atoms with Gasteiger partial charge in [0.25, 0.3) is 0 Å². The van der Waals surface area contributed by atoms with Gasteiger partial charge in [-0.3, -0.25) is 10.2 Å². The highest BCUT2D eigenvalue weighted by Gasteiger charge is 1.92. The predicted molar refractivity (Wildman–Crippen MR) is 40.0 cm³/mol. The fourth-order valence-corrected chi connectivity index (χ4v) is 0.627. The van der Waals surface area contributed by atoms with E-state index in [0.717, 1.165) is 0 Å². The van der Waals surface area contributed by atoms with Gasteiger partial charge in [0, 0.05) is 24.4 Å². The van der Waals surface area contributed by atoms with Crippen LogP contribution in [-0.4, -0.2) is 23.2 Å². The number of aromatic nitrogens is 1. The van der Waals surface area contributed by atoms with Crippen LogP contribution in [0.25, 0.3) is 0 Å². The summed E-state index contributed by atoms with van der Waals surface area (Å²) >= 11 is 0. The maximum atomic E-state index is 10.6. The maximum absolute atomic E-state index is 10.6. The highest BCUT2D eigenvalue weighted by molar-refractivity contribution is 5.74. The van der Waals surface area contributed by atoms with E-state index >= 15 is 0 Å². The van der Waals surface area contributed by atoms with Gasteiger partial charge < -0.3 is 4.84 Å². The first-order chi connectivity index (χ1) is 5.33. The largest absolute Gasteiger partial charge is 0.407 e. The lowest BCUT2D eigenvalue weighted by molar-refractivity contribution is -0.729. The molecule has 1 aromatic rings. The first kappa shape index (κ1) is 7.53. The molecule has 0 amide bonds. The Labute approximate surface area is 64.3 Å². The van der Waals surface area contributed by atoms with Gasteiger partial charge in [0.15, 0.2) is 0 Å². The second-order valence-corrected chi connectivity index (χ2v) is 1.88. The number of rotatable bonds is 2. The Morgan fingerprint density at radius 2 is 2.55 bits per heavy atom. The minimum absolute atomic E-state index is 0.372. The van der Waals surface area contributed by atoms with Crippen LogP contribution in [0.3, 0.4) is 0 Å². The van der Waals surface area contributed by atoms with Crippen molar-refractivity contribution in [1.82, 2.24) is 4.98 Å². The van der Waals surface area contributed by atoms with E-state index in [9.17, 15) is 5.21 Å². The lowest BCUT2D eigenvalue weighted by Crippen LogP contribution is -2.03. The zero-order valence-electron chi connectivity index (χ0n) is 6.10. The molecule has 0 fully saturated rings. The first-order valence-corrected chi connectivity index (χ1v) is 3.08. The third-order valence-corrected chi connectivity index (χ3v) is 1.12. The Hall–Kier alpha value is -1.58. The molecule has 1 heterocycles. The summed E-state index contributed by atoms with van der Waals surface area (Å²) in [5, 5.41) is 10.6.